The van der Waals surface area contributed by atoms with E-state index in [2.05, 4.69) is 77.0 Å². The van der Waals surface area contributed by atoms with Crippen molar-refractivity contribution in [3.63, 3.8) is 0 Å². The molecule has 0 saturated carbocycles. The van der Waals surface area contributed by atoms with Crippen LogP contribution in [0.2, 0.25) is 0 Å². The summed E-state index contributed by atoms with van der Waals surface area (Å²) in [6.45, 7) is 2.65. The molecule has 0 amide bonds. The molecule has 0 aliphatic carbocycles. The summed E-state index contributed by atoms with van der Waals surface area (Å²) in [6, 6.07) is 21.1. The number of hydrogen-bond acceptors (Lipinski definition) is 3. The van der Waals surface area contributed by atoms with Gasteiger partial charge in [-0.25, -0.2) is 0 Å². The topological polar surface area (TPSA) is 43.4 Å². The monoisotopic (exact) mass is 320 g/mol. The molecule has 0 N–H and O–H groups in total. The van der Waals surface area contributed by atoms with Crippen molar-refractivity contribution in [1.29, 1.82) is 0 Å². The van der Waals surface area contributed by atoms with Crippen molar-refractivity contribution in [1.82, 2.24) is 0 Å². The molecule has 0 spiro atoms. The van der Waals surface area contributed by atoms with E-state index in [1.165, 1.54) is 32.1 Å². The summed E-state index contributed by atoms with van der Waals surface area (Å²) >= 11 is 4.64. The van der Waals surface area contributed by atoms with Crippen LogP contribution in [0, 0.1) is 0 Å². The summed E-state index contributed by atoms with van der Waals surface area (Å²) in [5.41, 5.74) is 2.74. The van der Waals surface area contributed by atoms with Gasteiger partial charge in [0.05, 0.1) is 7.11 Å². The second-order valence-corrected chi connectivity index (χ2v) is 4.85. The van der Waals surface area contributed by atoms with Crippen molar-refractivity contribution in [2.75, 3.05) is 7.11 Å². The number of methoxy groups -OCH3 is 1. The van der Waals surface area contributed by atoms with E-state index in [4.69, 9.17) is 0 Å². The van der Waals surface area contributed by atoms with Crippen molar-refractivity contribution in [3.8, 4) is 0 Å². The fraction of sp³-hybridized carbons (Fsp3) is 0.222. The van der Waals surface area contributed by atoms with Gasteiger partial charge in [0.1, 0.15) is 0 Å². The highest BCUT2D eigenvalue weighted by molar-refractivity contribution is 6.62. The van der Waals surface area contributed by atoms with Crippen LogP contribution in [0.3, 0.4) is 0 Å². The first-order chi connectivity index (χ1) is 10.5. The van der Waals surface area contributed by atoms with E-state index in [1.54, 1.807) is 0 Å². The molecular weight excluding hydrogens is 300 g/mol. The Morgan fingerprint density at radius 1 is 0.864 bits per heavy atom. The fourth-order valence-corrected chi connectivity index (χ4v) is 1.43. The highest BCUT2D eigenvalue weighted by Crippen LogP contribution is 2.07. The molecule has 22 heavy (non-hydrogen) atoms. The minimum Gasteiger partial charge on any atom is -0.469 e. The van der Waals surface area contributed by atoms with Crippen LogP contribution in [0.5, 0.6) is 0 Å². The number of hydrogen-bond donors (Lipinski definition) is 0. The number of rotatable bonds is 2. The normalized spacial score (nSPS) is 8.55. The maximum atomic E-state index is 9.59. The quantitative estimate of drug-likeness (QED) is 0.614. The van der Waals surface area contributed by atoms with Crippen LogP contribution in [-0.4, -0.2) is 18.3 Å². The number of carbonyl (C=O) groups is 2. The first-order valence-electron chi connectivity index (χ1n) is 6.74. The van der Waals surface area contributed by atoms with Gasteiger partial charge in [0.25, 0.3) is 0 Å². The maximum absolute atomic E-state index is 9.59. The van der Waals surface area contributed by atoms with Gasteiger partial charge in [0.15, 0.2) is 0 Å². The Morgan fingerprint density at radius 3 is 1.36 bits per heavy atom. The van der Waals surface area contributed by atoms with Gasteiger partial charge in [-0.1, -0.05) is 60.7 Å². The van der Waals surface area contributed by atoms with Gasteiger partial charge in [-0.05, 0) is 29.1 Å². The molecule has 0 aliphatic heterocycles. The molecule has 0 unspecified atom stereocenters. The maximum Gasteiger partial charge on any atom is 0.302 e. The van der Waals surface area contributed by atoms with Gasteiger partial charge in [0, 0.05) is 13.8 Å². The second kappa shape index (κ2) is 12.6. The zero-order valence-electron chi connectivity index (χ0n) is 13.1. The lowest BCUT2D eigenvalue weighted by Crippen LogP contribution is -1.88. The van der Waals surface area contributed by atoms with Crippen LogP contribution in [0.4, 0.5) is 0 Å². The summed E-state index contributed by atoms with van der Waals surface area (Å²) in [5.74, 6) is -0.245. The average molecular weight is 321 g/mol. The Labute approximate surface area is 136 Å². The third kappa shape index (κ3) is 12.9. The lowest BCUT2D eigenvalue weighted by molar-refractivity contribution is -0.137. The second-order valence-electron chi connectivity index (χ2n) is 4.31. The molecule has 0 fully saturated rings. The molecule has 0 heterocycles. The van der Waals surface area contributed by atoms with Crippen LogP contribution < -0.4 is 0 Å². The third-order valence-corrected chi connectivity index (χ3v) is 2.38. The van der Waals surface area contributed by atoms with Gasteiger partial charge >= 0.3 is 5.97 Å². The highest BCUT2D eigenvalue weighted by Gasteiger charge is 1.92. The molecule has 0 atom stereocenters. The summed E-state index contributed by atoms with van der Waals surface area (Å²) in [4.78, 5) is 18.8. The predicted molar refractivity (Wildman–Crippen MR) is 89.9 cm³/mol. The zero-order valence-corrected chi connectivity index (χ0v) is 13.8. The van der Waals surface area contributed by atoms with E-state index in [9.17, 15) is 9.59 Å². The molecule has 3 nitrogen and oxygen atoms in total. The lowest BCUT2D eigenvalue weighted by atomic mass is 10.1. The SMILES string of the molecule is CC(=O)Cl.COC(C)=O.c1ccc(Cc2ccccc2)cc1. The van der Waals surface area contributed by atoms with Gasteiger partial charge in [0.2, 0.25) is 5.24 Å². The van der Waals surface area contributed by atoms with Crippen LogP contribution >= 0.6 is 11.6 Å². The largest absolute Gasteiger partial charge is 0.469 e. The molecule has 0 bridgehead atoms. The minimum absolute atomic E-state index is 0.245. The van der Waals surface area contributed by atoms with Crippen molar-refractivity contribution in [2.24, 2.45) is 0 Å². The third-order valence-electron chi connectivity index (χ3n) is 2.38. The Kier molecular flexibility index (Phi) is 11.4. The molecule has 0 saturated heterocycles. The van der Waals surface area contributed by atoms with E-state index < -0.39 is 0 Å². The number of halogens is 1. The van der Waals surface area contributed by atoms with E-state index in [-0.39, 0.29) is 11.2 Å². The van der Waals surface area contributed by atoms with Crippen molar-refractivity contribution in [2.45, 2.75) is 20.3 Å². The Bertz CT molecular complexity index is 497. The summed E-state index contributed by atoms with van der Waals surface area (Å²) < 4.78 is 4.11. The molecule has 2 rings (SSSR count). The summed E-state index contributed by atoms with van der Waals surface area (Å²) in [7, 11) is 1.35. The smallest absolute Gasteiger partial charge is 0.302 e. The van der Waals surface area contributed by atoms with E-state index >= 15 is 0 Å². The lowest BCUT2D eigenvalue weighted by Gasteiger charge is -2.00. The number of esters is 1. The Hall–Kier alpha value is -2.13. The minimum atomic E-state index is -0.361. The number of carbonyl (C=O) groups excluding carboxylic acids is 2. The van der Waals surface area contributed by atoms with E-state index in [0.717, 1.165) is 6.42 Å². The highest BCUT2D eigenvalue weighted by atomic mass is 35.5. The van der Waals surface area contributed by atoms with Gasteiger partial charge < -0.3 is 4.74 Å². The van der Waals surface area contributed by atoms with Crippen LogP contribution in [0.25, 0.3) is 0 Å². The van der Waals surface area contributed by atoms with Crippen LogP contribution in [-0.2, 0) is 20.7 Å². The Balaban J connectivity index is 0.000000411. The first-order valence-corrected chi connectivity index (χ1v) is 7.12. The number of benzene rings is 2. The van der Waals surface area contributed by atoms with Gasteiger partial charge in [-0.15, -0.1) is 0 Å². The molecule has 2 aromatic rings. The molecule has 2 aromatic carbocycles. The molecule has 0 aliphatic rings. The molecule has 0 radical (unpaired) electrons. The van der Waals surface area contributed by atoms with Crippen molar-refractivity contribution < 1.29 is 14.3 Å². The molecule has 0 aromatic heterocycles. The van der Waals surface area contributed by atoms with Crippen molar-refractivity contribution >= 4 is 22.8 Å². The summed E-state index contributed by atoms with van der Waals surface area (Å²) in [6.07, 6.45) is 1.03. The van der Waals surface area contributed by atoms with Crippen LogP contribution in [0.1, 0.15) is 25.0 Å². The van der Waals surface area contributed by atoms with Crippen LogP contribution in [0.15, 0.2) is 60.7 Å². The Morgan fingerprint density at radius 2 is 1.14 bits per heavy atom. The predicted octanol–water partition coefficient (Wildman–Crippen LogP) is 4.23. The van der Waals surface area contributed by atoms with E-state index in [1.807, 2.05) is 0 Å². The van der Waals surface area contributed by atoms with Crippen molar-refractivity contribution in [3.05, 3.63) is 71.8 Å². The molecule has 4 heteroatoms. The first kappa shape index (κ1) is 19.9. The standard InChI is InChI=1S/C13H12.C3H6O2.C2H3ClO/c1-3-7-12(8-4-1)11-13-9-5-2-6-10-13;1-3(4)5-2;1-2(3)4/h1-10H,11H2;1-2H3;1H3. The fourth-order valence-electron chi connectivity index (χ4n) is 1.43. The van der Waals surface area contributed by atoms with Gasteiger partial charge in [-0.2, -0.15) is 0 Å². The molecular formula is C18H21ClO3. The van der Waals surface area contributed by atoms with E-state index in [0.29, 0.717) is 0 Å². The van der Waals surface area contributed by atoms with Gasteiger partial charge in [-0.3, -0.25) is 9.59 Å². The number of ether oxygens (including phenoxy) is 1. The summed E-state index contributed by atoms with van der Waals surface area (Å²) in [5, 5.41) is -0.361. The average Bonchev–Trinajstić information content (AvgIpc) is 2.49. The zero-order chi connectivity index (χ0) is 16.8. The molecule has 118 valence electrons.